The Morgan fingerprint density at radius 3 is 2.73 bits per heavy atom. The molecule has 0 aliphatic heterocycles. The summed E-state index contributed by atoms with van der Waals surface area (Å²) < 4.78 is 18.5. The molecular weight excluding hydrogens is 195 g/mol. The molecule has 0 heterocycles. The molecule has 2 N–H and O–H groups in total. The zero-order chi connectivity index (χ0) is 11.3. The number of nitrogens with zero attached hydrogens (tertiary/aromatic N) is 1. The van der Waals surface area contributed by atoms with Crippen molar-refractivity contribution in [3.8, 4) is 5.75 Å². The van der Waals surface area contributed by atoms with Crippen molar-refractivity contribution >= 4 is 5.69 Å². The highest BCUT2D eigenvalue weighted by atomic mass is 19.1. The van der Waals surface area contributed by atoms with Crippen LogP contribution in [0.15, 0.2) is 18.2 Å². The molecule has 0 saturated heterocycles. The van der Waals surface area contributed by atoms with E-state index in [4.69, 9.17) is 10.5 Å². The van der Waals surface area contributed by atoms with Gasteiger partial charge in [0.25, 0.3) is 0 Å². The molecule has 0 radical (unpaired) electrons. The number of hydrogen-bond donors (Lipinski definition) is 1. The van der Waals surface area contributed by atoms with Crippen LogP contribution < -0.4 is 10.5 Å². The zero-order valence-corrected chi connectivity index (χ0v) is 9.16. The van der Waals surface area contributed by atoms with Gasteiger partial charge < -0.3 is 15.4 Å². The second-order valence-electron chi connectivity index (χ2n) is 3.66. The van der Waals surface area contributed by atoms with Gasteiger partial charge in [-0.15, -0.1) is 0 Å². The number of nitrogens with two attached hydrogens (primary N) is 1. The van der Waals surface area contributed by atoms with E-state index in [2.05, 4.69) is 0 Å². The standard InChI is InChI=1S/C11H17FN2O/c1-14(2)7-4-8-15-11-9(12)5-3-6-10(11)13/h3,5-6H,4,7-8,13H2,1-2H3. The number of anilines is 1. The average Bonchev–Trinajstić information content (AvgIpc) is 2.15. The molecule has 1 rings (SSSR count). The Balaban J connectivity index is 2.43. The van der Waals surface area contributed by atoms with Gasteiger partial charge in [-0.05, 0) is 32.6 Å². The number of benzene rings is 1. The average molecular weight is 212 g/mol. The number of hydrogen-bond acceptors (Lipinski definition) is 3. The molecule has 0 aromatic heterocycles. The van der Waals surface area contributed by atoms with E-state index in [-0.39, 0.29) is 5.75 Å². The SMILES string of the molecule is CN(C)CCCOc1c(N)cccc1F. The molecule has 0 aliphatic carbocycles. The first kappa shape index (κ1) is 11.8. The highest BCUT2D eigenvalue weighted by molar-refractivity contribution is 5.52. The topological polar surface area (TPSA) is 38.5 Å². The number of ether oxygens (including phenoxy) is 1. The lowest BCUT2D eigenvalue weighted by Crippen LogP contribution is -2.16. The first-order valence-electron chi connectivity index (χ1n) is 4.93. The van der Waals surface area contributed by atoms with Gasteiger partial charge in [0.1, 0.15) is 0 Å². The Labute approximate surface area is 89.6 Å². The Morgan fingerprint density at radius 1 is 1.40 bits per heavy atom. The van der Waals surface area contributed by atoms with Gasteiger partial charge in [0, 0.05) is 6.54 Å². The molecule has 0 fully saturated rings. The van der Waals surface area contributed by atoms with Crippen LogP contribution in [0.3, 0.4) is 0 Å². The van der Waals surface area contributed by atoms with E-state index in [0.717, 1.165) is 13.0 Å². The highest BCUT2D eigenvalue weighted by Gasteiger charge is 2.06. The number of halogens is 1. The fourth-order valence-electron chi connectivity index (χ4n) is 1.23. The number of nitrogen functional groups attached to an aromatic ring is 1. The zero-order valence-electron chi connectivity index (χ0n) is 9.16. The van der Waals surface area contributed by atoms with Gasteiger partial charge in [0.2, 0.25) is 0 Å². The molecule has 15 heavy (non-hydrogen) atoms. The van der Waals surface area contributed by atoms with E-state index in [0.29, 0.717) is 12.3 Å². The Hall–Kier alpha value is -1.29. The molecule has 0 unspecified atom stereocenters. The van der Waals surface area contributed by atoms with E-state index >= 15 is 0 Å². The van der Waals surface area contributed by atoms with Crippen molar-refractivity contribution in [3.63, 3.8) is 0 Å². The minimum atomic E-state index is -0.403. The summed E-state index contributed by atoms with van der Waals surface area (Å²) in [5.41, 5.74) is 5.94. The minimum absolute atomic E-state index is 0.163. The number of para-hydroxylation sites is 1. The summed E-state index contributed by atoms with van der Waals surface area (Å²) >= 11 is 0. The third-order valence-electron chi connectivity index (χ3n) is 1.99. The molecule has 3 nitrogen and oxygen atoms in total. The van der Waals surface area contributed by atoms with E-state index in [1.807, 2.05) is 19.0 Å². The first-order valence-corrected chi connectivity index (χ1v) is 4.93. The lowest BCUT2D eigenvalue weighted by Gasteiger charge is -2.12. The van der Waals surface area contributed by atoms with E-state index in [1.165, 1.54) is 6.07 Å². The van der Waals surface area contributed by atoms with Crippen LogP contribution in [0.5, 0.6) is 5.75 Å². The summed E-state index contributed by atoms with van der Waals surface area (Å²) in [6.45, 7) is 1.39. The molecule has 0 atom stereocenters. The van der Waals surface area contributed by atoms with Gasteiger partial charge in [0.15, 0.2) is 11.6 Å². The molecule has 0 saturated carbocycles. The normalized spacial score (nSPS) is 10.7. The molecule has 0 amide bonds. The van der Waals surface area contributed by atoms with Crippen molar-refractivity contribution in [2.45, 2.75) is 6.42 Å². The molecule has 4 heteroatoms. The largest absolute Gasteiger partial charge is 0.488 e. The van der Waals surface area contributed by atoms with Gasteiger partial charge >= 0.3 is 0 Å². The highest BCUT2D eigenvalue weighted by Crippen LogP contribution is 2.24. The van der Waals surface area contributed by atoms with E-state index < -0.39 is 5.82 Å². The second-order valence-corrected chi connectivity index (χ2v) is 3.66. The van der Waals surface area contributed by atoms with Gasteiger partial charge in [-0.1, -0.05) is 6.07 Å². The summed E-state index contributed by atoms with van der Waals surface area (Å²) in [4.78, 5) is 2.05. The summed E-state index contributed by atoms with van der Waals surface area (Å²) in [5, 5.41) is 0. The van der Waals surface area contributed by atoms with Crippen molar-refractivity contribution in [1.82, 2.24) is 4.90 Å². The lowest BCUT2D eigenvalue weighted by atomic mass is 10.3. The monoisotopic (exact) mass is 212 g/mol. The van der Waals surface area contributed by atoms with Gasteiger partial charge in [-0.2, -0.15) is 0 Å². The molecule has 84 valence electrons. The smallest absolute Gasteiger partial charge is 0.177 e. The minimum Gasteiger partial charge on any atom is -0.488 e. The van der Waals surface area contributed by atoms with Gasteiger partial charge in [0.05, 0.1) is 12.3 Å². The van der Waals surface area contributed by atoms with Crippen molar-refractivity contribution < 1.29 is 9.13 Å². The van der Waals surface area contributed by atoms with Crippen LogP contribution >= 0.6 is 0 Å². The maximum Gasteiger partial charge on any atom is 0.177 e. The van der Waals surface area contributed by atoms with E-state index in [1.54, 1.807) is 12.1 Å². The summed E-state index contributed by atoms with van der Waals surface area (Å²) in [7, 11) is 3.97. The predicted octanol–water partition coefficient (Wildman–Crippen LogP) is 1.74. The van der Waals surface area contributed by atoms with Crippen molar-refractivity contribution in [2.75, 3.05) is 33.0 Å². The van der Waals surface area contributed by atoms with Crippen LogP contribution in [0.25, 0.3) is 0 Å². The molecule has 0 bridgehead atoms. The fraction of sp³-hybridized carbons (Fsp3) is 0.455. The van der Waals surface area contributed by atoms with Crippen LogP contribution in [0, 0.1) is 5.82 Å². The molecule has 1 aromatic carbocycles. The molecular formula is C11H17FN2O. The maximum atomic E-state index is 13.2. The predicted molar refractivity (Wildman–Crippen MR) is 59.5 cm³/mol. The summed E-state index contributed by atoms with van der Waals surface area (Å²) in [6, 6.07) is 4.54. The van der Waals surface area contributed by atoms with Gasteiger partial charge in [-0.3, -0.25) is 0 Å². The first-order chi connectivity index (χ1) is 7.11. The number of rotatable bonds is 5. The summed E-state index contributed by atoms with van der Waals surface area (Å²) in [5.74, 6) is -0.240. The lowest BCUT2D eigenvalue weighted by molar-refractivity contribution is 0.272. The van der Waals surface area contributed by atoms with E-state index in [9.17, 15) is 4.39 Å². The van der Waals surface area contributed by atoms with Crippen LogP contribution in [0.1, 0.15) is 6.42 Å². The molecule has 0 spiro atoms. The Morgan fingerprint density at radius 2 is 2.13 bits per heavy atom. The van der Waals surface area contributed by atoms with Crippen molar-refractivity contribution in [1.29, 1.82) is 0 Å². The Kier molecular flexibility index (Phi) is 4.37. The maximum absolute atomic E-state index is 13.2. The van der Waals surface area contributed by atoms with Gasteiger partial charge in [-0.25, -0.2) is 4.39 Å². The van der Waals surface area contributed by atoms with Crippen LogP contribution in [-0.4, -0.2) is 32.1 Å². The van der Waals surface area contributed by atoms with Crippen molar-refractivity contribution in [3.05, 3.63) is 24.0 Å². The van der Waals surface area contributed by atoms with Crippen molar-refractivity contribution in [2.24, 2.45) is 0 Å². The quantitative estimate of drug-likeness (QED) is 0.597. The molecule has 0 aliphatic rings. The Bertz CT molecular complexity index is 295. The van der Waals surface area contributed by atoms with Crippen LogP contribution in [-0.2, 0) is 0 Å². The summed E-state index contributed by atoms with van der Waals surface area (Å²) in [6.07, 6.45) is 0.848. The van der Waals surface area contributed by atoms with Crippen LogP contribution in [0.4, 0.5) is 10.1 Å². The second kappa shape index (κ2) is 5.56. The third kappa shape index (κ3) is 3.75. The fourth-order valence-corrected chi connectivity index (χ4v) is 1.23. The van der Waals surface area contributed by atoms with Crippen LogP contribution in [0.2, 0.25) is 0 Å². The third-order valence-corrected chi connectivity index (χ3v) is 1.99. The molecule has 1 aromatic rings.